The standard InChI is InChI=1S/C21H28N6O6S/c1-2-33-20(28)19-7-8-27(23-19)18-5-3-17(4-6-18)22-21(29)24-9-11-25(12-10-24)34(30,31)26-13-15-32-16-14-26/h3-8H,2,9-16H2,1H3,(H,22,29). The van der Waals surface area contributed by atoms with Gasteiger partial charge in [-0.25, -0.2) is 14.3 Å². The van der Waals surface area contributed by atoms with Crippen molar-refractivity contribution in [2.45, 2.75) is 6.92 Å². The number of amides is 2. The third kappa shape index (κ3) is 5.38. The number of nitrogens with one attached hydrogen (secondary N) is 1. The van der Waals surface area contributed by atoms with E-state index in [1.54, 1.807) is 53.0 Å². The predicted octanol–water partition coefficient (Wildman–Crippen LogP) is 0.776. The predicted molar refractivity (Wildman–Crippen MR) is 123 cm³/mol. The monoisotopic (exact) mass is 492 g/mol. The summed E-state index contributed by atoms with van der Waals surface area (Å²) in [5.41, 5.74) is 1.53. The zero-order valence-electron chi connectivity index (χ0n) is 18.9. The molecule has 184 valence electrons. The van der Waals surface area contributed by atoms with Crippen LogP contribution in [0.4, 0.5) is 10.5 Å². The summed E-state index contributed by atoms with van der Waals surface area (Å²) in [5, 5.41) is 7.04. The summed E-state index contributed by atoms with van der Waals surface area (Å²) in [6, 6.07) is 8.29. The Bertz CT molecular complexity index is 1110. The van der Waals surface area contributed by atoms with Crippen molar-refractivity contribution in [3.05, 3.63) is 42.2 Å². The largest absolute Gasteiger partial charge is 0.461 e. The van der Waals surface area contributed by atoms with Crippen LogP contribution in [0.3, 0.4) is 0 Å². The average Bonchev–Trinajstić information content (AvgIpc) is 3.36. The molecule has 3 heterocycles. The molecule has 2 saturated heterocycles. The first kappa shape index (κ1) is 24.1. The molecule has 13 heteroatoms. The molecule has 0 unspecified atom stereocenters. The van der Waals surface area contributed by atoms with Crippen LogP contribution in [0.25, 0.3) is 5.69 Å². The molecular formula is C21H28N6O6S. The number of urea groups is 1. The van der Waals surface area contributed by atoms with E-state index < -0.39 is 16.2 Å². The van der Waals surface area contributed by atoms with E-state index in [-0.39, 0.29) is 31.4 Å². The molecule has 2 aliphatic heterocycles. The topological polar surface area (TPSA) is 126 Å². The molecule has 2 amide bonds. The molecule has 0 saturated carbocycles. The van der Waals surface area contributed by atoms with Gasteiger partial charge in [0.1, 0.15) is 0 Å². The van der Waals surface area contributed by atoms with Crippen molar-refractivity contribution in [2.24, 2.45) is 0 Å². The van der Waals surface area contributed by atoms with Crippen molar-refractivity contribution >= 4 is 27.9 Å². The highest BCUT2D eigenvalue weighted by Crippen LogP contribution is 2.17. The Morgan fingerprint density at radius 2 is 1.65 bits per heavy atom. The zero-order chi connectivity index (χ0) is 24.1. The quantitative estimate of drug-likeness (QED) is 0.591. The van der Waals surface area contributed by atoms with Gasteiger partial charge < -0.3 is 19.7 Å². The fraction of sp³-hybridized carbons (Fsp3) is 0.476. The lowest BCUT2D eigenvalue weighted by molar-refractivity contribution is 0.0519. The Morgan fingerprint density at radius 1 is 1.00 bits per heavy atom. The molecule has 0 aliphatic carbocycles. The lowest BCUT2D eigenvalue weighted by atomic mass is 10.3. The summed E-state index contributed by atoms with van der Waals surface area (Å²) in [6.45, 7) is 4.59. The molecule has 34 heavy (non-hydrogen) atoms. The maximum Gasteiger partial charge on any atom is 0.358 e. The summed E-state index contributed by atoms with van der Waals surface area (Å²) in [7, 11) is -3.54. The van der Waals surface area contributed by atoms with E-state index in [2.05, 4.69) is 10.4 Å². The van der Waals surface area contributed by atoms with Crippen LogP contribution in [0.1, 0.15) is 17.4 Å². The minimum atomic E-state index is -3.54. The number of benzene rings is 1. The molecule has 1 aromatic heterocycles. The molecule has 2 aromatic rings. The molecule has 0 radical (unpaired) electrons. The van der Waals surface area contributed by atoms with Crippen molar-refractivity contribution in [1.29, 1.82) is 0 Å². The average molecular weight is 493 g/mol. The first-order valence-corrected chi connectivity index (χ1v) is 12.5. The van der Waals surface area contributed by atoms with Gasteiger partial charge in [-0.2, -0.15) is 22.1 Å². The Hall–Kier alpha value is -3.00. The number of hydrogen-bond acceptors (Lipinski definition) is 7. The number of carbonyl (C=O) groups is 2. The van der Waals surface area contributed by atoms with Gasteiger partial charge in [0.15, 0.2) is 5.69 Å². The van der Waals surface area contributed by atoms with Crippen LogP contribution >= 0.6 is 0 Å². The van der Waals surface area contributed by atoms with Crippen LogP contribution in [0.2, 0.25) is 0 Å². The second-order valence-corrected chi connectivity index (χ2v) is 9.68. The van der Waals surface area contributed by atoms with E-state index in [0.29, 0.717) is 45.1 Å². The summed E-state index contributed by atoms with van der Waals surface area (Å²) in [4.78, 5) is 26.0. The lowest BCUT2D eigenvalue weighted by Crippen LogP contribution is -2.56. The highest BCUT2D eigenvalue weighted by Gasteiger charge is 2.34. The maximum absolute atomic E-state index is 12.8. The van der Waals surface area contributed by atoms with E-state index in [1.165, 1.54) is 8.61 Å². The number of hydrogen-bond donors (Lipinski definition) is 1. The smallest absolute Gasteiger partial charge is 0.358 e. The van der Waals surface area contributed by atoms with Gasteiger partial charge in [-0.3, -0.25) is 0 Å². The fourth-order valence-electron chi connectivity index (χ4n) is 3.74. The number of carbonyl (C=O) groups excluding carboxylic acids is 2. The molecule has 2 fully saturated rings. The number of aromatic nitrogens is 2. The van der Waals surface area contributed by atoms with Gasteiger partial charge in [0.2, 0.25) is 0 Å². The van der Waals surface area contributed by atoms with Gasteiger partial charge in [0, 0.05) is 51.2 Å². The van der Waals surface area contributed by atoms with Crippen LogP contribution in [-0.4, -0.2) is 103 Å². The minimum Gasteiger partial charge on any atom is -0.461 e. The number of nitrogens with zero attached hydrogens (tertiary/aromatic N) is 5. The molecule has 1 N–H and O–H groups in total. The minimum absolute atomic E-state index is 0.217. The van der Waals surface area contributed by atoms with Crippen LogP contribution in [0.15, 0.2) is 36.5 Å². The van der Waals surface area contributed by atoms with Crippen molar-refractivity contribution in [3.8, 4) is 5.69 Å². The van der Waals surface area contributed by atoms with Gasteiger partial charge >= 0.3 is 12.0 Å². The van der Waals surface area contributed by atoms with Gasteiger partial charge in [-0.05, 0) is 37.3 Å². The first-order valence-electron chi connectivity index (χ1n) is 11.1. The number of anilines is 1. The number of rotatable bonds is 6. The SMILES string of the molecule is CCOC(=O)c1ccn(-c2ccc(NC(=O)N3CCN(S(=O)(=O)N4CCOCC4)CC3)cc2)n1. The molecule has 0 bridgehead atoms. The van der Waals surface area contributed by atoms with Crippen LogP contribution in [-0.2, 0) is 19.7 Å². The second-order valence-electron chi connectivity index (χ2n) is 7.75. The molecule has 2 aliphatic rings. The van der Waals surface area contributed by atoms with Gasteiger partial charge in [-0.15, -0.1) is 0 Å². The second kappa shape index (κ2) is 10.5. The lowest BCUT2D eigenvalue weighted by Gasteiger charge is -2.37. The summed E-state index contributed by atoms with van der Waals surface area (Å²) >= 11 is 0. The van der Waals surface area contributed by atoms with Crippen molar-refractivity contribution < 1.29 is 27.5 Å². The normalized spacial score (nSPS) is 18.0. The zero-order valence-corrected chi connectivity index (χ0v) is 19.7. The third-order valence-electron chi connectivity index (χ3n) is 5.61. The summed E-state index contributed by atoms with van der Waals surface area (Å²) < 4.78 is 40.1. The maximum atomic E-state index is 12.8. The molecule has 0 spiro atoms. The first-order chi connectivity index (χ1) is 16.4. The Morgan fingerprint density at radius 3 is 2.29 bits per heavy atom. The highest BCUT2D eigenvalue weighted by atomic mass is 32.2. The van der Waals surface area contributed by atoms with E-state index in [4.69, 9.17) is 9.47 Å². The Labute approximate surface area is 198 Å². The number of morpholine rings is 1. The van der Waals surface area contributed by atoms with Gasteiger partial charge in [-0.1, -0.05) is 0 Å². The fourth-order valence-corrected chi connectivity index (χ4v) is 5.31. The molecule has 0 atom stereocenters. The van der Waals surface area contributed by atoms with Crippen molar-refractivity contribution in [1.82, 2.24) is 23.3 Å². The highest BCUT2D eigenvalue weighted by molar-refractivity contribution is 7.86. The summed E-state index contributed by atoms with van der Waals surface area (Å²) in [6.07, 6.45) is 1.66. The van der Waals surface area contributed by atoms with E-state index in [9.17, 15) is 18.0 Å². The number of ether oxygens (including phenoxy) is 2. The molecule has 4 rings (SSSR count). The molecule has 12 nitrogen and oxygen atoms in total. The van der Waals surface area contributed by atoms with Crippen LogP contribution in [0.5, 0.6) is 0 Å². The van der Waals surface area contributed by atoms with Gasteiger partial charge in [0.05, 0.1) is 25.5 Å². The number of piperazine rings is 1. The molecule has 1 aromatic carbocycles. The van der Waals surface area contributed by atoms with E-state index >= 15 is 0 Å². The number of esters is 1. The van der Waals surface area contributed by atoms with Crippen LogP contribution in [0, 0.1) is 0 Å². The van der Waals surface area contributed by atoms with Gasteiger partial charge in [0.25, 0.3) is 10.2 Å². The Balaban J connectivity index is 1.30. The summed E-state index contributed by atoms with van der Waals surface area (Å²) in [5.74, 6) is -0.483. The van der Waals surface area contributed by atoms with Crippen LogP contribution < -0.4 is 5.32 Å². The Kier molecular flexibility index (Phi) is 7.46. The van der Waals surface area contributed by atoms with E-state index in [0.717, 1.165) is 5.69 Å². The van der Waals surface area contributed by atoms with E-state index in [1.807, 2.05) is 0 Å². The van der Waals surface area contributed by atoms with Crippen molar-refractivity contribution in [2.75, 3.05) is 64.4 Å². The molecular weight excluding hydrogens is 464 g/mol. The van der Waals surface area contributed by atoms with Crippen molar-refractivity contribution in [3.63, 3.8) is 0 Å². The third-order valence-corrected chi connectivity index (χ3v) is 7.64.